The van der Waals surface area contributed by atoms with E-state index < -0.39 is 0 Å². The monoisotopic (exact) mass is 451 g/mol. The van der Waals surface area contributed by atoms with Gasteiger partial charge in [-0.2, -0.15) is 0 Å². The lowest BCUT2D eigenvalue weighted by atomic mass is 10.1. The van der Waals surface area contributed by atoms with Gasteiger partial charge in [-0.25, -0.2) is 4.98 Å². The second-order valence-electron chi connectivity index (χ2n) is 5.56. The molecular weight excluding hydrogens is 437 g/mol. The SMILES string of the molecule is CNC(=O)CSc1nc(-c2ccccc2)c(NC(=O)c2ccc(Cl)cc2Cl)s1. The van der Waals surface area contributed by atoms with E-state index in [2.05, 4.69) is 15.6 Å². The molecule has 0 aliphatic heterocycles. The Morgan fingerprint density at radius 2 is 1.89 bits per heavy atom. The molecule has 5 nitrogen and oxygen atoms in total. The zero-order valence-electron chi connectivity index (χ0n) is 14.7. The maximum Gasteiger partial charge on any atom is 0.257 e. The van der Waals surface area contributed by atoms with Crippen LogP contribution in [0.5, 0.6) is 0 Å². The van der Waals surface area contributed by atoms with Crippen molar-refractivity contribution in [2.45, 2.75) is 4.34 Å². The van der Waals surface area contributed by atoms with E-state index in [-0.39, 0.29) is 22.6 Å². The van der Waals surface area contributed by atoms with E-state index in [9.17, 15) is 9.59 Å². The largest absolute Gasteiger partial charge is 0.358 e. The highest BCUT2D eigenvalue weighted by molar-refractivity contribution is 8.01. The van der Waals surface area contributed by atoms with Crippen LogP contribution in [-0.4, -0.2) is 29.6 Å². The first-order valence-corrected chi connectivity index (χ1v) is 10.7. The second kappa shape index (κ2) is 9.43. The van der Waals surface area contributed by atoms with Crippen molar-refractivity contribution in [3.05, 3.63) is 64.1 Å². The molecule has 3 rings (SSSR count). The Labute approximate surface area is 180 Å². The number of carbonyl (C=O) groups is 2. The summed E-state index contributed by atoms with van der Waals surface area (Å²) in [6.45, 7) is 0. The fraction of sp³-hybridized carbons (Fsp3) is 0.105. The van der Waals surface area contributed by atoms with Crippen LogP contribution in [0.4, 0.5) is 5.00 Å². The number of nitrogens with one attached hydrogen (secondary N) is 2. The molecule has 0 aliphatic carbocycles. The molecule has 0 atom stereocenters. The summed E-state index contributed by atoms with van der Waals surface area (Å²) in [5.74, 6) is -0.209. The van der Waals surface area contributed by atoms with E-state index in [0.29, 0.717) is 25.6 Å². The van der Waals surface area contributed by atoms with Gasteiger partial charge in [0.1, 0.15) is 10.7 Å². The van der Waals surface area contributed by atoms with Crippen molar-refractivity contribution in [1.82, 2.24) is 10.3 Å². The summed E-state index contributed by atoms with van der Waals surface area (Å²) in [7, 11) is 1.58. The number of aromatic nitrogens is 1. The summed E-state index contributed by atoms with van der Waals surface area (Å²) in [6, 6.07) is 14.2. The van der Waals surface area contributed by atoms with Crippen LogP contribution in [0.15, 0.2) is 52.9 Å². The number of thiazole rings is 1. The van der Waals surface area contributed by atoms with Gasteiger partial charge < -0.3 is 10.6 Å². The Morgan fingerprint density at radius 3 is 2.57 bits per heavy atom. The molecular formula is C19H15Cl2N3O2S2. The predicted octanol–water partition coefficient (Wildman–Crippen LogP) is 5.21. The van der Waals surface area contributed by atoms with Crippen LogP contribution in [-0.2, 0) is 4.79 Å². The van der Waals surface area contributed by atoms with Crippen LogP contribution >= 0.6 is 46.3 Å². The molecule has 0 fully saturated rings. The minimum absolute atomic E-state index is 0.0972. The molecule has 0 spiro atoms. The molecule has 28 heavy (non-hydrogen) atoms. The fourth-order valence-corrected chi connectivity index (χ4v) is 4.71. The van der Waals surface area contributed by atoms with Crippen molar-refractivity contribution in [1.29, 1.82) is 0 Å². The van der Waals surface area contributed by atoms with Crippen molar-refractivity contribution in [3.8, 4) is 11.3 Å². The maximum atomic E-state index is 12.7. The van der Waals surface area contributed by atoms with Gasteiger partial charge >= 0.3 is 0 Å². The van der Waals surface area contributed by atoms with Crippen LogP contribution in [0.3, 0.4) is 0 Å². The zero-order valence-corrected chi connectivity index (χ0v) is 17.8. The van der Waals surface area contributed by atoms with E-state index >= 15 is 0 Å². The van der Waals surface area contributed by atoms with Gasteiger partial charge in [-0.05, 0) is 18.2 Å². The predicted molar refractivity (Wildman–Crippen MR) is 117 cm³/mol. The van der Waals surface area contributed by atoms with Gasteiger partial charge in [-0.1, -0.05) is 76.6 Å². The van der Waals surface area contributed by atoms with E-state index in [4.69, 9.17) is 23.2 Å². The number of benzene rings is 2. The molecule has 0 aliphatic rings. The molecule has 144 valence electrons. The van der Waals surface area contributed by atoms with Crippen LogP contribution < -0.4 is 10.6 Å². The Morgan fingerprint density at radius 1 is 1.14 bits per heavy atom. The van der Waals surface area contributed by atoms with E-state index in [0.717, 1.165) is 5.56 Å². The molecule has 1 heterocycles. The molecule has 3 aromatic rings. The van der Waals surface area contributed by atoms with Gasteiger partial charge in [-0.15, -0.1) is 0 Å². The molecule has 0 saturated carbocycles. The number of thioether (sulfide) groups is 1. The van der Waals surface area contributed by atoms with Crippen LogP contribution in [0.25, 0.3) is 11.3 Å². The second-order valence-corrected chi connectivity index (χ2v) is 8.63. The third kappa shape index (κ3) is 5.05. The number of hydrogen-bond donors (Lipinski definition) is 2. The zero-order chi connectivity index (χ0) is 20.1. The molecule has 9 heteroatoms. The molecule has 1 aromatic heterocycles. The maximum absolute atomic E-state index is 12.7. The number of carbonyl (C=O) groups excluding carboxylic acids is 2. The first-order chi connectivity index (χ1) is 13.5. The minimum atomic E-state index is -0.356. The van der Waals surface area contributed by atoms with Crippen molar-refractivity contribution >= 4 is 63.1 Å². The lowest BCUT2D eigenvalue weighted by Crippen LogP contribution is -2.19. The molecule has 0 bridgehead atoms. The highest BCUT2D eigenvalue weighted by Gasteiger charge is 2.18. The number of nitrogens with zero attached hydrogens (tertiary/aromatic N) is 1. The molecule has 2 N–H and O–H groups in total. The van der Waals surface area contributed by atoms with Crippen molar-refractivity contribution in [3.63, 3.8) is 0 Å². The molecule has 0 radical (unpaired) electrons. The van der Waals surface area contributed by atoms with Crippen molar-refractivity contribution < 1.29 is 9.59 Å². The third-order valence-corrected chi connectivity index (χ3v) is 6.32. The van der Waals surface area contributed by atoms with E-state index in [1.165, 1.54) is 29.2 Å². The van der Waals surface area contributed by atoms with E-state index in [1.807, 2.05) is 30.3 Å². The Bertz CT molecular complexity index is 1010. The third-order valence-electron chi connectivity index (χ3n) is 3.66. The number of amides is 2. The fourth-order valence-electron chi connectivity index (χ4n) is 2.28. The van der Waals surface area contributed by atoms with E-state index in [1.54, 1.807) is 19.2 Å². The summed E-state index contributed by atoms with van der Waals surface area (Å²) in [5, 5.41) is 6.77. The van der Waals surface area contributed by atoms with Crippen molar-refractivity contribution in [2.75, 3.05) is 18.1 Å². The normalized spacial score (nSPS) is 10.5. The number of anilines is 1. The van der Waals surface area contributed by atoms with Gasteiger partial charge in [0, 0.05) is 17.6 Å². The average molecular weight is 452 g/mol. The lowest BCUT2D eigenvalue weighted by Gasteiger charge is -2.07. The first kappa shape index (κ1) is 20.7. The summed E-state index contributed by atoms with van der Waals surface area (Å²) < 4.78 is 0.681. The summed E-state index contributed by atoms with van der Waals surface area (Å²) in [6.07, 6.45) is 0. The quantitative estimate of drug-likeness (QED) is 0.504. The Kier molecular flexibility index (Phi) is 6.96. The van der Waals surface area contributed by atoms with Crippen molar-refractivity contribution in [2.24, 2.45) is 0 Å². The van der Waals surface area contributed by atoms with Gasteiger partial charge in [0.05, 0.1) is 16.3 Å². The summed E-state index contributed by atoms with van der Waals surface area (Å²) in [5.41, 5.74) is 1.82. The van der Waals surface area contributed by atoms with Crippen LogP contribution in [0.2, 0.25) is 10.0 Å². The van der Waals surface area contributed by atoms with Crippen LogP contribution in [0, 0.1) is 0 Å². The van der Waals surface area contributed by atoms with Gasteiger partial charge in [-0.3, -0.25) is 9.59 Å². The topological polar surface area (TPSA) is 71.1 Å². The van der Waals surface area contributed by atoms with Gasteiger partial charge in [0.2, 0.25) is 5.91 Å². The average Bonchev–Trinajstić information content (AvgIpc) is 3.09. The number of halogens is 2. The minimum Gasteiger partial charge on any atom is -0.358 e. The lowest BCUT2D eigenvalue weighted by molar-refractivity contribution is -0.118. The Hall–Kier alpha value is -2.06. The summed E-state index contributed by atoms with van der Waals surface area (Å²) >= 11 is 14.7. The first-order valence-electron chi connectivity index (χ1n) is 8.14. The number of hydrogen-bond acceptors (Lipinski definition) is 5. The highest BCUT2D eigenvalue weighted by Crippen LogP contribution is 2.38. The summed E-state index contributed by atoms with van der Waals surface area (Å²) in [4.78, 5) is 28.8. The van der Waals surface area contributed by atoms with Crippen LogP contribution in [0.1, 0.15) is 10.4 Å². The van der Waals surface area contributed by atoms with Gasteiger partial charge in [0.15, 0.2) is 4.34 Å². The molecule has 2 aromatic carbocycles. The highest BCUT2D eigenvalue weighted by atomic mass is 35.5. The standard InChI is InChI=1S/C19H15Cl2N3O2S2/c1-22-15(25)10-27-19-23-16(11-5-3-2-4-6-11)18(28-19)24-17(26)13-8-7-12(20)9-14(13)21/h2-9H,10H2,1H3,(H,22,25)(H,24,26). The Balaban J connectivity index is 1.90. The molecule has 2 amide bonds. The van der Waals surface area contributed by atoms with Gasteiger partial charge in [0.25, 0.3) is 5.91 Å². The molecule has 0 unspecified atom stereocenters. The smallest absolute Gasteiger partial charge is 0.257 e. The number of rotatable bonds is 6. The molecule has 0 saturated heterocycles.